The Hall–Kier alpha value is -1.98. The Balaban J connectivity index is 1.73. The van der Waals surface area contributed by atoms with Gasteiger partial charge in [-0.2, -0.15) is 11.3 Å². The smallest absolute Gasteiger partial charge is 0.322 e. The van der Waals surface area contributed by atoms with Crippen LogP contribution in [-0.4, -0.2) is 12.6 Å². The topological polar surface area (TPSA) is 41.5 Å². The number of aliphatic hydroxyl groups excluding tert-OH is 1. The molecule has 2 heterocycles. The Morgan fingerprint density at radius 1 is 1.26 bits per heavy atom. The fraction of sp³-hybridized carbons (Fsp3) is 0.222. The first-order valence-electron chi connectivity index (χ1n) is 7.53. The molecule has 0 bridgehead atoms. The molecule has 1 radical (unpaired) electrons. The largest absolute Gasteiger partial charge is 0.513 e. The van der Waals surface area contributed by atoms with Crippen molar-refractivity contribution in [2.75, 3.05) is 0 Å². The van der Waals surface area contributed by atoms with Crippen molar-refractivity contribution in [1.29, 1.82) is 0 Å². The van der Waals surface area contributed by atoms with E-state index in [1.807, 2.05) is 18.2 Å². The van der Waals surface area contributed by atoms with Gasteiger partial charge in [0, 0.05) is 18.5 Å². The number of thiophene rings is 1. The van der Waals surface area contributed by atoms with Crippen molar-refractivity contribution in [2.24, 2.45) is 0 Å². The predicted molar refractivity (Wildman–Crippen MR) is 95.4 cm³/mol. The van der Waals surface area contributed by atoms with E-state index in [0.717, 1.165) is 23.2 Å². The summed E-state index contributed by atoms with van der Waals surface area (Å²) in [5, 5.41) is 17.1. The van der Waals surface area contributed by atoms with Gasteiger partial charge in [-0.15, -0.1) is 0 Å². The molecular weight excluding hydrogens is 305 g/mol. The monoisotopic (exact) mass is 324 g/mol. The molecule has 2 atom stereocenters. The van der Waals surface area contributed by atoms with Gasteiger partial charge in [-0.1, -0.05) is 37.4 Å². The van der Waals surface area contributed by atoms with Crippen LogP contribution in [0.3, 0.4) is 0 Å². The molecule has 3 nitrogen and oxygen atoms in total. The van der Waals surface area contributed by atoms with Crippen molar-refractivity contribution < 1.29 is 9.76 Å². The lowest BCUT2D eigenvalue weighted by Crippen LogP contribution is -2.34. The molecule has 0 fully saturated rings. The molecule has 2 N–H and O–H groups in total. The van der Waals surface area contributed by atoms with Gasteiger partial charge in [-0.3, -0.25) is 0 Å². The third kappa shape index (κ3) is 3.87. The lowest BCUT2D eigenvalue weighted by atomic mass is 9.74. The molecule has 0 amide bonds. The molecule has 1 aliphatic heterocycles. The standard InChI is InChI=1S/C18H19BNO2S/c1-12(9-14-7-8-23-11-14)20-18-16-6-4-3-5-15(16)17(22-19-18)10-13(2)21/h3-8,11,17-18,20-21H,1-2,9-10H2. The summed E-state index contributed by atoms with van der Waals surface area (Å²) < 4.78 is 5.82. The van der Waals surface area contributed by atoms with E-state index in [9.17, 15) is 5.11 Å². The molecule has 2 unspecified atom stereocenters. The van der Waals surface area contributed by atoms with Gasteiger partial charge in [0.25, 0.3) is 0 Å². The van der Waals surface area contributed by atoms with Crippen LogP contribution in [0.4, 0.5) is 0 Å². The van der Waals surface area contributed by atoms with E-state index in [4.69, 9.17) is 4.65 Å². The van der Waals surface area contributed by atoms with E-state index in [0.29, 0.717) is 6.42 Å². The Bertz CT molecular complexity index is 699. The van der Waals surface area contributed by atoms with Crippen molar-refractivity contribution in [3.05, 3.63) is 82.4 Å². The molecule has 2 aromatic rings. The first kappa shape index (κ1) is 15.9. The molecule has 1 aromatic heterocycles. The maximum atomic E-state index is 9.47. The molecule has 1 aromatic carbocycles. The molecule has 0 saturated carbocycles. The molecule has 0 aliphatic carbocycles. The summed E-state index contributed by atoms with van der Waals surface area (Å²) in [6, 6.07) is 10.2. The minimum Gasteiger partial charge on any atom is -0.513 e. The van der Waals surface area contributed by atoms with E-state index < -0.39 is 0 Å². The molecule has 5 heteroatoms. The van der Waals surface area contributed by atoms with E-state index in [2.05, 4.69) is 41.4 Å². The highest BCUT2D eigenvalue weighted by Gasteiger charge is 2.29. The van der Waals surface area contributed by atoms with Crippen molar-refractivity contribution in [3.8, 4) is 0 Å². The second-order valence-corrected chi connectivity index (χ2v) is 6.47. The van der Waals surface area contributed by atoms with Crippen LogP contribution in [0.5, 0.6) is 0 Å². The van der Waals surface area contributed by atoms with Crippen molar-refractivity contribution in [2.45, 2.75) is 24.9 Å². The first-order chi connectivity index (χ1) is 11.1. The highest BCUT2D eigenvalue weighted by atomic mass is 32.1. The van der Waals surface area contributed by atoms with E-state index in [1.165, 1.54) is 5.56 Å². The van der Waals surface area contributed by atoms with Gasteiger partial charge in [0.1, 0.15) is 0 Å². The fourth-order valence-electron chi connectivity index (χ4n) is 2.80. The molecule has 0 spiro atoms. The van der Waals surface area contributed by atoms with Crippen molar-refractivity contribution >= 4 is 18.8 Å². The first-order valence-corrected chi connectivity index (χ1v) is 8.47. The van der Waals surface area contributed by atoms with Crippen LogP contribution in [0.15, 0.2) is 65.7 Å². The maximum Gasteiger partial charge on any atom is 0.322 e. The summed E-state index contributed by atoms with van der Waals surface area (Å²) in [6.07, 6.45) is 1.01. The van der Waals surface area contributed by atoms with E-state index in [-0.39, 0.29) is 17.8 Å². The zero-order chi connectivity index (χ0) is 16.2. The highest BCUT2D eigenvalue weighted by Crippen LogP contribution is 2.35. The number of hydrogen-bond donors (Lipinski definition) is 2. The van der Waals surface area contributed by atoms with Gasteiger partial charge in [0.05, 0.1) is 17.8 Å². The molecular formula is C18H19BNO2S. The average molecular weight is 324 g/mol. The Morgan fingerprint density at radius 2 is 2.04 bits per heavy atom. The number of benzene rings is 1. The van der Waals surface area contributed by atoms with Crippen molar-refractivity contribution in [3.63, 3.8) is 0 Å². The fourth-order valence-corrected chi connectivity index (χ4v) is 3.47. The minimum atomic E-state index is -0.188. The third-order valence-electron chi connectivity index (χ3n) is 3.84. The van der Waals surface area contributed by atoms with Gasteiger partial charge >= 0.3 is 7.48 Å². The SMILES string of the molecule is C=C(O)CC1O[B]C(NC(=C)Cc2ccsc2)c2ccccc21. The highest BCUT2D eigenvalue weighted by molar-refractivity contribution is 7.07. The van der Waals surface area contributed by atoms with Crippen LogP contribution in [0, 0.1) is 0 Å². The summed E-state index contributed by atoms with van der Waals surface area (Å²) in [5.74, 6) is 0.0898. The molecule has 1 aliphatic rings. The van der Waals surface area contributed by atoms with E-state index >= 15 is 0 Å². The number of allylic oxidation sites excluding steroid dienone is 1. The number of rotatable bonds is 6. The van der Waals surface area contributed by atoms with Crippen LogP contribution in [0.1, 0.15) is 35.2 Å². The lowest BCUT2D eigenvalue weighted by Gasteiger charge is -2.32. The van der Waals surface area contributed by atoms with Crippen LogP contribution in [0.25, 0.3) is 0 Å². The molecule has 117 valence electrons. The molecule has 0 saturated heterocycles. The van der Waals surface area contributed by atoms with Gasteiger partial charge in [-0.05, 0) is 33.5 Å². The summed E-state index contributed by atoms with van der Waals surface area (Å²) in [7, 11) is 1.79. The summed E-state index contributed by atoms with van der Waals surface area (Å²) in [5.41, 5.74) is 4.43. The summed E-state index contributed by atoms with van der Waals surface area (Å²) >= 11 is 1.69. The van der Waals surface area contributed by atoms with Gasteiger partial charge in [-0.25, -0.2) is 0 Å². The summed E-state index contributed by atoms with van der Waals surface area (Å²) in [4.78, 5) is 0. The second-order valence-electron chi connectivity index (χ2n) is 5.69. The summed E-state index contributed by atoms with van der Waals surface area (Å²) in [6.45, 7) is 7.69. The number of hydrogen-bond acceptors (Lipinski definition) is 4. The zero-order valence-corrected chi connectivity index (χ0v) is 13.7. The number of nitrogens with one attached hydrogen (secondary N) is 1. The number of aliphatic hydroxyl groups is 1. The Morgan fingerprint density at radius 3 is 2.74 bits per heavy atom. The second kappa shape index (κ2) is 7.07. The Kier molecular flexibility index (Phi) is 4.89. The molecule has 23 heavy (non-hydrogen) atoms. The van der Waals surface area contributed by atoms with Crippen LogP contribution < -0.4 is 5.32 Å². The minimum absolute atomic E-state index is 0.0412. The number of fused-ring (bicyclic) bond motifs is 1. The zero-order valence-electron chi connectivity index (χ0n) is 12.9. The quantitative estimate of drug-likeness (QED) is 0.617. The molecule has 3 rings (SSSR count). The van der Waals surface area contributed by atoms with Gasteiger partial charge in [0.2, 0.25) is 0 Å². The third-order valence-corrected chi connectivity index (χ3v) is 4.57. The predicted octanol–water partition coefficient (Wildman–Crippen LogP) is 4.25. The lowest BCUT2D eigenvalue weighted by molar-refractivity contribution is 0.181. The van der Waals surface area contributed by atoms with Crippen molar-refractivity contribution in [1.82, 2.24) is 5.32 Å². The van der Waals surface area contributed by atoms with Crippen LogP contribution >= 0.6 is 11.3 Å². The van der Waals surface area contributed by atoms with E-state index in [1.54, 1.807) is 18.8 Å². The van der Waals surface area contributed by atoms with Gasteiger partial charge in [0.15, 0.2) is 0 Å². The van der Waals surface area contributed by atoms with Gasteiger partial charge < -0.3 is 15.1 Å². The Labute approximate surface area is 141 Å². The van der Waals surface area contributed by atoms with Crippen LogP contribution in [0.2, 0.25) is 0 Å². The normalized spacial score (nSPS) is 19.5. The average Bonchev–Trinajstić information content (AvgIpc) is 3.02. The van der Waals surface area contributed by atoms with Crippen LogP contribution in [-0.2, 0) is 11.1 Å². The maximum absolute atomic E-state index is 9.47.